The van der Waals surface area contributed by atoms with E-state index in [4.69, 9.17) is 9.47 Å². The molecule has 2 amide bonds. The third kappa shape index (κ3) is 5.50. The average Bonchev–Trinajstić information content (AvgIpc) is 2.72. The van der Waals surface area contributed by atoms with Gasteiger partial charge in [0.25, 0.3) is 0 Å². The standard InChI is InChI=1S/C23H28N2O4/c1-15(2)22(25-21(26)13-17-7-5-4-6-8-17)23(27)24-16(3)18-9-10-19-20(14-18)29-12-11-28-19/h4-10,14-16,22H,11-13H2,1-3H3,(H,24,27)(H,25,26)/t16-,22-/m1/s1. The zero-order chi connectivity index (χ0) is 20.8. The predicted octanol–water partition coefficient (Wildman–Crippen LogP) is 3.02. The first-order valence-electron chi connectivity index (χ1n) is 9.97. The minimum Gasteiger partial charge on any atom is -0.486 e. The summed E-state index contributed by atoms with van der Waals surface area (Å²) in [5, 5.41) is 5.88. The number of nitrogens with one attached hydrogen (secondary N) is 2. The summed E-state index contributed by atoms with van der Waals surface area (Å²) >= 11 is 0. The number of amides is 2. The minimum atomic E-state index is -0.606. The number of carbonyl (C=O) groups is 2. The molecule has 1 heterocycles. The van der Waals surface area contributed by atoms with Crippen molar-refractivity contribution in [2.75, 3.05) is 13.2 Å². The molecule has 0 fully saturated rings. The zero-order valence-electron chi connectivity index (χ0n) is 17.1. The Bertz CT molecular complexity index is 851. The molecule has 2 aromatic rings. The minimum absolute atomic E-state index is 0.0396. The highest BCUT2D eigenvalue weighted by Gasteiger charge is 2.26. The highest BCUT2D eigenvalue weighted by Crippen LogP contribution is 2.32. The van der Waals surface area contributed by atoms with Gasteiger partial charge < -0.3 is 20.1 Å². The Morgan fingerprint density at radius 1 is 0.931 bits per heavy atom. The molecule has 154 valence electrons. The van der Waals surface area contributed by atoms with Crippen molar-refractivity contribution >= 4 is 11.8 Å². The number of benzene rings is 2. The van der Waals surface area contributed by atoms with Crippen LogP contribution in [0.15, 0.2) is 48.5 Å². The normalized spacial score (nSPS) is 14.8. The van der Waals surface area contributed by atoms with Crippen LogP contribution in [0.2, 0.25) is 0 Å². The third-order valence-electron chi connectivity index (χ3n) is 4.90. The van der Waals surface area contributed by atoms with Gasteiger partial charge in [-0.05, 0) is 36.1 Å². The summed E-state index contributed by atoms with van der Waals surface area (Å²) in [6, 6.07) is 14.3. The van der Waals surface area contributed by atoms with E-state index in [2.05, 4.69) is 10.6 Å². The van der Waals surface area contributed by atoms with E-state index < -0.39 is 6.04 Å². The summed E-state index contributed by atoms with van der Waals surface area (Å²) < 4.78 is 11.2. The molecule has 29 heavy (non-hydrogen) atoms. The van der Waals surface area contributed by atoms with Crippen LogP contribution in [0.4, 0.5) is 0 Å². The van der Waals surface area contributed by atoms with E-state index in [1.165, 1.54) is 0 Å². The molecule has 0 unspecified atom stereocenters. The van der Waals surface area contributed by atoms with Crippen LogP contribution >= 0.6 is 0 Å². The van der Waals surface area contributed by atoms with Crippen LogP contribution in [-0.4, -0.2) is 31.1 Å². The summed E-state index contributed by atoms with van der Waals surface area (Å²) in [6.45, 7) is 6.80. The SMILES string of the molecule is CC(C)[C@@H](NC(=O)Cc1ccccc1)C(=O)N[C@H](C)c1ccc2c(c1)OCCO2. The second-order valence-corrected chi connectivity index (χ2v) is 7.58. The summed E-state index contributed by atoms with van der Waals surface area (Å²) in [6.07, 6.45) is 0.245. The van der Waals surface area contributed by atoms with E-state index in [0.29, 0.717) is 24.7 Å². The van der Waals surface area contributed by atoms with Gasteiger partial charge in [-0.3, -0.25) is 9.59 Å². The molecule has 0 saturated heterocycles. The molecular formula is C23H28N2O4. The lowest BCUT2D eigenvalue weighted by molar-refractivity contribution is -0.130. The van der Waals surface area contributed by atoms with Crippen molar-refractivity contribution in [2.45, 2.75) is 39.3 Å². The van der Waals surface area contributed by atoms with Gasteiger partial charge in [-0.2, -0.15) is 0 Å². The van der Waals surface area contributed by atoms with Crippen LogP contribution in [0, 0.1) is 5.92 Å². The lowest BCUT2D eigenvalue weighted by Crippen LogP contribution is -2.50. The van der Waals surface area contributed by atoms with Gasteiger partial charge in [-0.15, -0.1) is 0 Å². The van der Waals surface area contributed by atoms with Gasteiger partial charge in [-0.1, -0.05) is 50.2 Å². The number of carbonyl (C=O) groups excluding carboxylic acids is 2. The quantitative estimate of drug-likeness (QED) is 0.754. The molecule has 0 radical (unpaired) electrons. The molecule has 0 aliphatic carbocycles. The summed E-state index contributed by atoms with van der Waals surface area (Å²) in [7, 11) is 0. The van der Waals surface area contributed by atoms with E-state index in [0.717, 1.165) is 11.1 Å². The summed E-state index contributed by atoms with van der Waals surface area (Å²) in [5.74, 6) is 0.987. The summed E-state index contributed by atoms with van der Waals surface area (Å²) in [5.41, 5.74) is 1.83. The highest BCUT2D eigenvalue weighted by atomic mass is 16.6. The topological polar surface area (TPSA) is 76.7 Å². The van der Waals surface area contributed by atoms with Crippen LogP contribution in [0.25, 0.3) is 0 Å². The zero-order valence-corrected chi connectivity index (χ0v) is 17.1. The highest BCUT2D eigenvalue weighted by molar-refractivity contribution is 5.88. The fraction of sp³-hybridized carbons (Fsp3) is 0.391. The number of hydrogen-bond acceptors (Lipinski definition) is 4. The Morgan fingerprint density at radius 2 is 1.62 bits per heavy atom. The smallest absolute Gasteiger partial charge is 0.243 e. The van der Waals surface area contributed by atoms with Gasteiger partial charge in [0.1, 0.15) is 19.3 Å². The molecule has 3 rings (SSSR count). The molecule has 2 N–H and O–H groups in total. The maximum absolute atomic E-state index is 12.9. The van der Waals surface area contributed by atoms with Crippen molar-refractivity contribution in [1.82, 2.24) is 10.6 Å². The van der Waals surface area contributed by atoms with Crippen molar-refractivity contribution in [2.24, 2.45) is 5.92 Å². The van der Waals surface area contributed by atoms with Crippen LogP contribution in [0.1, 0.15) is 37.9 Å². The number of rotatable bonds is 7. The first-order valence-corrected chi connectivity index (χ1v) is 9.97. The van der Waals surface area contributed by atoms with Crippen molar-refractivity contribution < 1.29 is 19.1 Å². The van der Waals surface area contributed by atoms with Gasteiger partial charge in [0.05, 0.1) is 12.5 Å². The molecule has 2 atom stereocenters. The van der Waals surface area contributed by atoms with Gasteiger partial charge in [0.2, 0.25) is 11.8 Å². The van der Waals surface area contributed by atoms with Crippen LogP contribution in [-0.2, 0) is 16.0 Å². The fourth-order valence-corrected chi connectivity index (χ4v) is 3.26. The number of hydrogen-bond donors (Lipinski definition) is 2. The Hall–Kier alpha value is -3.02. The molecule has 1 aliphatic heterocycles. The molecule has 0 aromatic heterocycles. The fourth-order valence-electron chi connectivity index (χ4n) is 3.26. The van der Waals surface area contributed by atoms with E-state index >= 15 is 0 Å². The second-order valence-electron chi connectivity index (χ2n) is 7.58. The molecule has 6 nitrogen and oxygen atoms in total. The molecule has 0 spiro atoms. The molecule has 0 saturated carbocycles. The number of fused-ring (bicyclic) bond motifs is 1. The van der Waals surface area contributed by atoms with Crippen molar-refractivity contribution in [3.05, 3.63) is 59.7 Å². The van der Waals surface area contributed by atoms with E-state index in [1.54, 1.807) is 0 Å². The maximum Gasteiger partial charge on any atom is 0.243 e. The molecule has 0 bridgehead atoms. The van der Waals surface area contributed by atoms with Crippen molar-refractivity contribution in [3.63, 3.8) is 0 Å². The van der Waals surface area contributed by atoms with Gasteiger partial charge in [0, 0.05) is 0 Å². The van der Waals surface area contributed by atoms with E-state index in [-0.39, 0.29) is 30.2 Å². The lowest BCUT2D eigenvalue weighted by atomic mass is 10.0. The Kier molecular flexibility index (Phi) is 6.75. The summed E-state index contributed by atoms with van der Waals surface area (Å²) in [4.78, 5) is 25.3. The third-order valence-corrected chi connectivity index (χ3v) is 4.90. The van der Waals surface area contributed by atoms with Gasteiger partial charge in [-0.25, -0.2) is 0 Å². The largest absolute Gasteiger partial charge is 0.486 e. The molecular weight excluding hydrogens is 368 g/mol. The molecule has 1 aliphatic rings. The van der Waals surface area contributed by atoms with E-state index in [9.17, 15) is 9.59 Å². The second kappa shape index (κ2) is 9.45. The molecule has 2 aromatic carbocycles. The van der Waals surface area contributed by atoms with E-state index in [1.807, 2.05) is 69.3 Å². The van der Waals surface area contributed by atoms with Crippen molar-refractivity contribution in [1.29, 1.82) is 0 Å². The first kappa shape index (κ1) is 20.7. The van der Waals surface area contributed by atoms with Crippen molar-refractivity contribution in [3.8, 4) is 11.5 Å². The first-order chi connectivity index (χ1) is 13.9. The lowest BCUT2D eigenvalue weighted by Gasteiger charge is -2.25. The van der Waals surface area contributed by atoms with Crippen LogP contribution in [0.5, 0.6) is 11.5 Å². The van der Waals surface area contributed by atoms with Crippen LogP contribution < -0.4 is 20.1 Å². The Morgan fingerprint density at radius 3 is 2.31 bits per heavy atom. The molecule has 6 heteroatoms. The Labute approximate surface area is 171 Å². The predicted molar refractivity (Wildman–Crippen MR) is 111 cm³/mol. The number of ether oxygens (including phenoxy) is 2. The van der Waals surface area contributed by atoms with Gasteiger partial charge >= 0.3 is 0 Å². The van der Waals surface area contributed by atoms with Crippen LogP contribution in [0.3, 0.4) is 0 Å². The van der Waals surface area contributed by atoms with Gasteiger partial charge in [0.15, 0.2) is 11.5 Å². The average molecular weight is 396 g/mol. The maximum atomic E-state index is 12.9. The monoisotopic (exact) mass is 396 g/mol. The Balaban J connectivity index is 1.62.